The minimum atomic E-state index is -0.524. The quantitative estimate of drug-likeness (QED) is 0.613. The van der Waals surface area contributed by atoms with E-state index in [2.05, 4.69) is 0 Å². The molecule has 13 heavy (non-hydrogen) atoms. The number of ether oxygens (including phenoxy) is 2. The molecule has 3 heteroatoms. The Balaban J connectivity index is 2.17. The van der Waals surface area contributed by atoms with Gasteiger partial charge in [-0.25, -0.2) is 4.79 Å². The van der Waals surface area contributed by atoms with Gasteiger partial charge in [-0.3, -0.25) is 0 Å². The standard InChI is InChI=1S/C10H10O3/c1-7-9(11)13-10(12-7)8-5-3-2-4-6-8/h2-7,10H,1H3/t7?,10-/m0/s1. The Morgan fingerprint density at radius 1 is 1.23 bits per heavy atom. The van der Waals surface area contributed by atoms with Crippen LogP contribution < -0.4 is 0 Å². The van der Waals surface area contributed by atoms with E-state index >= 15 is 0 Å². The Bertz CT molecular complexity index is 307. The fourth-order valence-corrected chi connectivity index (χ4v) is 1.23. The third-order valence-electron chi connectivity index (χ3n) is 1.95. The highest BCUT2D eigenvalue weighted by Gasteiger charge is 2.32. The smallest absolute Gasteiger partial charge is 0.337 e. The molecule has 68 valence electrons. The first kappa shape index (κ1) is 8.26. The van der Waals surface area contributed by atoms with Crippen LogP contribution in [-0.4, -0.2) is 12.1 Å². The Morgan fingerprint density at radius 2 is 1.92 bits per heavy atom. The Morgan fingerprint density at radius 3 is 2.46 bits per heavy atom. The molecule has 0 N–H and O–H groups in total. The summed E-state index contributed by atoms with van der Waals surface area (Å²) in [5, 5.41) is 0. The number of carbonyl (C=O) groups is 1. The van der Waals surface area contributed by atoms with Crippen LogP contribution in [0.3, 0.4) is 0 Å². The second-order valence-corrected chi connectivity index (χ2v) is 2.96. The lowest BCUT2D eigenvalue weighted by molar-refractivity contribution is -0.144. The van der Waals surface area contributed by atoms with Gasteiger partial charge < -0.3 is 9.47 Å². The molecule has 0 amide bonds. The van der Waals surface area contributed by atoms with Crippen molar-refractivity contribution in [3.05, 3.63) is 35.9 Å². The number of carbonyl (C=O) groups excluding carboxylic acids is 1. The third-order valence-corrected chi connectivity index (χ3v) is 1.95. The summed E-state index contributed by atoms with van der Waals surface area (Å²) in [5.41, 5.74) is 0.875. The molecule has 1 aliphatic rings. The van der Waals surface area contributed by atoms with Gasteiger partial charge in [0.15, 0.2) is 6.10 Å². The van der Waals surface area contributed by atoms with E-state index in [0.29, 0.717) is 0 Å². The highest BCUT2D eigenvalue weighted by molar-refractivity contribution is 5.75. The van der Waals surface area contributed by atoms with Crippen molar-refractivity contribution >= 4 is 5.97 Å². The zero-order chi connectivity index (χ0) is 9.26. The van der Waals surface area contributed by atoms with Crippen LogP contribution in [0.25, 0.3) is 0 Å². The normalized spacial score (nSPS) is 27.3. The van der Waals surface area contributed by atoms with Gasteiger partial charge in [0.05, 0.1) is 0 Å². The van der Waals surface area contributed by atoms with E-state index in [4.69, 9.17) is 9.47 Å². The van der Waals surface area contributed by atoms with E-state index in [1.54, 1.807) is 6.92 Å². The van der Waals surface area contributed by atoms with Gasteiger partial charge in [0.1, 0.15) is 0 Å². The summed E-state index contributed by atoms with van der Waals surface area (Å²) in [6, 6.07) is 9.42. The molecule has 1 unspecified atom stereocenters. The van der Waals surface area contributed by atoms with Crippen LogP contribution in [0.2, 0.25) is 0 Å². The molecule has 1 aromatic carbocycles. The first-order valence-electron chi connectivity index (χ1n) is 4.18. The van der Waals surface area contributed by atoms with Crippen molar-refractivity contribution in [1.29, 1.82) is 0 Å². The van der Waals surface area contributed by atoms with Gasteiger partial charge in [-0.15, -0.1) is 0 Å². The molecule has 1 heterocycles. The van der Waals surface area contributed by atoms with Crippen LogP contribution in [0.15, 0.2) is 30.3 Å². The molecule has 0 aliphatic carbocycles. The molecule has 3 nitrogen and oxygen atoms in total. The average molecular weight is 178 g/mol. The van der Waals surface area contributed by atoms with Crippen molar-refractivity contribution in [3.63, 3.8) is 0 Å². The van der Waals surface area contributed by atoms with Gasteiger partial charge in [0.25, 0.3) is 0 Å². The first-order chi connectivity index (χ1) is 6.27. The first-order valence-corrected chi connectivity index (χ1v) is 4.18. The number of rotatable bonds is 1. The summed E-state index contributed by atoms with van der Waals surface area (Å²) < 4.78 is 10.3. The predicted molar refractivity (Wildman–Crippen MR) is 45.8 cm³/mol. The largest absolute Gasteiger partial charge is 0.429 e. The van der Waals surface area contributed by atoms with Gasteiger partial charge in [-0.05, 0) is 6.92 Å². The molecule has 2 atom stereocenters. The predicted octanol–water partition coefficient (Wildman–Crippen LogP) is 1.65. The summed E-state index contributed by atoms with van der Waals surface area (Å²) in [6.45, 7) is 1.69. The maximum Gasteiger partial charge on any atom is 0.337 e. The SMILES string of the molecule is CC1O[C@H](c2ccccc2)OC1=O. The van der Waals surface area contributed by atoms with Crippen molar-refractivity contribution in [1.82, 2.24) is 0 Å². The van der Waals surface area contributed by atoms with E-state index in [-0.39, 0.29) is 5.97 Å². The van der Waals surface area contributed by atoms with Crippen molar-refractivity contribution in [2.24, 2.45) is 0 Å². The number of esters is 1. The number of hydrogen-bond acceptors (Lipinski definition) is 3. The molecule has 0 saturated carbocycles. The Hall–Kier alpha value is -1.35. The van der Waals surface area contributed by atoms with Crippen LogP contribution in [0.4, 0.5) is 0 Å². The molecule has 1 fully saturated rings. The summed E-state index contributed by atoms with van der Waals surface area (Å²) in [7, 11) is 0. The van der Waals surface area contributed by atoms with Crippen LogP contribution in [0, 0.1) is 0 Å². The van der Waals surface area contributed by atoms with Crippen molar-refractivity contribution in [2.75, 3.05) is 0 Å². The zero-order valence-electron chi connectivity index (χ0n) is 7.27. The van der Waals surface area contributed by atoms with Gasteiger partial charge in [0.2, 0.25) is 6.29 Å². The van der Waals surface area contributed by atoms with Gasteiger partial charge in [-0.1, -0.05) is 30.3 Å². The minimum absolute atomic E-state index is 0.297. The topological polar surface area (TPSA) is 35.5 Å². The van der Waals surface area contributed by atoms with Gasteiger partial charge >= 0.3 is 5.97 Å². The van der Waals surface area contributed by atoms with Crippen molar-refractivity contribution in [2.45, 2.75) is 19.3 Å². The molecule has 0 radical (unpaired) electrons. The van der Waals surface area contributed by atoms with Crippen molar-refractivity contribution in [3.8, 4) is 0 Å². The van der Waals surface area contributed by atoms with E-state index in [0.717, 1.165) is 5.56 Å². The van der Waals surface area contributed by atoms with Gasteiger partial charge in [-0.2, -0.15) is 0 Å². The average Bonchev–Trinajstić information content (AvgIpc) is 2.49. The molecule has 0 spiro atoms. The molecule has 0 aromatic heterocycles. The minimum Gasteiger partial charge on any atom is -0.429 e. The lowest BCUT2D eigenvalue weighted by Gasteiger charge is -2.07. The van der Waals surface area contributed by atoms with Crippen LogP contribution >= 0.6 is 0 Å². The lowest BCUT2D eigenvalue weighted by Crippen LogP contribution is -2.09. The van der Waals surface area contributed by atoms with E-state index in [1.807, 2.05) is 30.3 Å². The second-order valence-electron chi connectivity index (χ2n) is 2.96. The monoisotopic (exact) mass is 178 g/mol. The number of benzene rings is 1. The van der Waals surface area contributed by atoms with Crippen molar-refractivity contribution < 1.29 is 14.3 Å². The molecule has 1 aromatic rings. The van der Waals surface area contributed by atoms with Crippen LogP contribution in [-0.2, 0) is 14.3 Å². The highest BCUT2D eigenvalue weighted by atomic mass is 16.7. The van der Waals surface area contributed by atoms with Crippen LogP contribution in [0.1, 0.15) is 18.8 Å². The fourth-order valence-electron chi connectivity index (χ4n) is 1.23. The number of hydrogen-bond donors (Lipinski definition) is 0. The summed E-state index contributed by atoms with van der Waals surface area (Å²) in [5.74, 6) is -0.297. The van der Waals surface area contributed by atoms with Gasteiger partial charge in [0, 0.05) is 5.56 Å². The maximum absolute atomic E-state index is 11.0. The van der Waals surface area contributed by atoms with E-state index < -0.39 is 12.4 Å². The Labute approximate surface area is 76.3 Å². The maximum atomic E-state index is 11.0. The van der Waals surface area contributed by atoms with E-state index in [9.17, 15) is 4.79 Å². The zero-order valence-corrected chi connectivity index (χ0v) is 7.27. The third kappa shape index (κ3) is 1.55. The van der Waals surface area contributed by atoms with E-state index in [1.165, 1.54) is 0 Å². The summed E-state index contributed by atoms with van der Waals surface area (Å²) >= 11 is 0. The van der Waals surface area contributed by atoms with Crippen LogP contribution in [0.5, 0.6) is 0 Å². The Kier molecular flexibility index (Phi) is 2.02. The number of cyclic esters (lactones) is 1. The molecule has 2 rings (SSSR count). The molecule has 1 aliphatic heterocycles. The lowest BCUT2D eigenvalue weighted by atomic mass is 10.2. The highest BCUT2D eigenvalue weighted by Crippen LogP contribution is 2.26. The molecule has 1 saturated heterocycles. The molecular formula is C10H10O3. The molecule has 0 bridgehead atoms. The molecular weight excluding hydrogens is 168 g/mol. The summed E-state index contributed by atoms with van der Waals surface area (Å²) in [6.07, 6.45) is -0.978. The second kappa shape index (κ2) is 3.18. The summed E-state index contributed by atoms with van der Waals surface area (Å²) in [4.78, 5) is 11.0. The fraction of sp³-hybridized carbons (Fsp3) is 0.300.